The molecule has 0 radical (unpaired) electrons. The summed E-state index contributed by atoms with van der Waals surface area (Å²) in [5.74, 6) is 0.0795. The van der Waals surface area contributed by atoms with E-state index in [1.807, 2.05) is 42.6 Å². The number of aromatic nitrogens is 1. The molecule has 2 aromatic carbocycles. The van der Waals surface area contributed by atoms with Crippen LogP contribution in [0.2, 0.25) is 0 Å². The maximum absolute atomic E-state index is 11.3. The van der Waals surface area contributed by atoms with Crippen molar-refractivity contribution in [2.45, 2.75) is 6.92 Å². The topological polar surface area (TPSA) is 42.0 Å². The number of halogens is 1. The van der Waals surface area contributed by atoms with Gasteiger partial charge in [0.25, 0.3) is 0 Å². The Morgan fingerprint density at radius 1 is 1.12 bits per heavy atom. The minimum atomic E-state index is -0.0997. The third kappa shape index (κ3) is 3.82. The number of pyridine rings is 1. The van der Waals surface area contributed by atoms with Crippen molar-refractivity contribution >= 4 is 28.4 Å². The molecule has 3 rings (SSSR count). The summed E-state index contributed by atoms with van der Waals surface area (Å²) in [5.41, 5.74) is 3.90. The predicted octanol–water partition coefficient (Wildman–Crippen LogP) is 1.41. The van der Waals surface area contributed by atoms with Crippen LogP contribution in [-0.4, -0.2) is 15.7 Å². The standard InChI is InChI=1S/C20H18IN2O/c1-14(24)15-7-9-18(10-8-15)22-12-11-17-13-16-5-3-4-6-19(16)23-20(17)21-2/h3-13,22H,1-2H3/q-1/b12-11+. The van der Waals surface area contributed by atoms with Crippen LogP contribution in [0, 0.1) is 3.70 Å². The van der Waals surface area contributed by atoms with Gasteiger partial charge in [-0.05, 0) is 0 Å². The third-order valence-electron chi connectivity index (χ3n) is 3.69. The molecule has 0 atom stereocenters. The van der Waals surface area contributed by atoms with E-state index in [1.165, 1.54) is 3.70 Å². The van der Waals surface area contributed by atoms with E-state index in [0.29, 0.717) is 0 Å². The zero-order valence-electron chi connectivity index (χ0n) is 13.6. The van der Waals surface area contributed by atoms with Crippen molar-refractivity contribution in [1.82, 2.24) is 4.98 Å². The van der Waals surface area contributed by atoms with Crippen LogP contribution >= 0.6 is 0 Å². The van der Waals surface area contributed by atoms with Crippen LogP contribution in [0.1, 0.15) is 22.8 Å². The molecule has 0 fully saturated rings. The first-order valence-corrected chi connectivity index (χ1v) is 10.8. The predicted molar refractivity (Wildman–Crippen MR) is 95.5 cm³/mol. The van der Waals surface area contributed by atoms with Crippen molar-refractivity contribution in [2.75, 3.05) is 10.2 Å². The number of fused-ring (bicyclic) bond motifs is 1. The zero-order chi connectivity index (χ0) is 16.9. The van der Waals surface area contributed by atoms with Gasteiger partial charge in [0.2, 0.25) is 0 Å². The van der Waals surface area contributed by atoms with Gasteiger partial charge in [-0.3, -0.25) is 0 Å². The minimum absolute atomic E-state index is 0.0795. The number of nitrogens with zero attached hydrogens (tertiary/aromatic N) is 1. The van der Waals surface area contributed by atoms with E-state index in [2.05, 4.69) is 34.5 Å². The molecule has 0 unspecified atom stereocenters. The van der Waals surface area contributed by atoms with E-state index in [9.17, 15) is 4.79 Å². The summed E-state index contributed by atoms with van der Waals surface area (Å²) in [5, 5.41) is 4.41. The van der Waals surface area contributed by atoms with Crippen LogP contribution in [-0.2, 0) is 0 Å². The van der Waals surface area contributed by atoms with Gasteiger partial charge in [-0.2, -0.15) is 0 Å². The van der Waals surface area contributed by atoms with Gasteiger partial charge < -0.3 is 0 Å². The van der Waals surface area contributed by atoms with Crippen molar-refractivity contribution in [3.63, 3.8) is 0 Å². The fourth-order valence-electron chi connectivity index (χ4n) is 2.41. The molecular formula is C20H18IN2O-. The number of hydrogen-bond donors (Lipinski definition) is 1. The van der Waals surface area contributed by atoms with Crippen molar-refractivity contribution in [3.8, 4) is 0 Å². The molecule has 3 nitrogen and oxygen atoms in total. The molecule has 0 spiro atoms. The fourth-order valence-corrected chi connectivity index (χ4v) is 3.87. The van der Waals surface area contributed by atoms with Gasteiger partial charge in [0.05, 0.1) is 0 Å². The number of alkyl halides is 1. The molecule has 3 aromatic rings. The first-order chi connectivity index (χ1) is 11.7. The third-order valence-corrected chi connectivity index (χ3v) is 5.57. The van der Waals surface area contributed by atoms with E-state index < -0.39 is 0 Å². The van der Waals surface area contributed by atoms with Crippen LogP contribution < -0.4 is 26.5 Å². The molecule has 1 heterocycles. The Morgan fingerprint density at radius 3 is 2.58 bits per heavy atom. The average Bonchev–Trinajstić information content (AvgIpc) is 2.61. The molecule has 4 heteroatoms. The van der Waals surface area contributed by atoms with Gasteiger partial charge in [-0.15, -0.1) is 0 Å². The van der Waals surface area contributed by atoms with Crippen LogP contribution in [0.25, 0.3) is 17.0 Å². The average molecular weight is 429 g/mol. The molecule has 0 aliphatic heterocycles. The Kier molecular flexibility index (Phi) is 5.25. The molecule has 122 valence electrons. The molecule has 0 saturated carbocycles. The number of ketones is 1. The number of para-hydroxylation sites is 1. The maximum atomic E-state index is 11.3. The number of hydrogen-bond acceptors (Lipinski definition) is 3. The normalized spacial score (nSPS) is 11.2. The van der Waals surface area contributed by atoms with Crippen molar-refractivity contribution in [2.24, 2.45) is 0 Å². The molecule has 0 bridgehead atoms. The van der Waals surface area contributed by atoms with Gasteiger partial charge in [-0.1, -0.05) is 0 Å². The Labute approximate surface area is 152 Å². The zero-order valence-corrected chi connectivity index (χ0v) is 15.7. The first-order valence-electron chi connectivity index (χ1n) is 7.61. The number of carbonyl (C=O) groups excluding carboxylic acids is 1. The number of rotatable bonds is 5. The van der Waals surface area contributed by atoms with Crippen molar-refractivity contribution in [3.05, 3.63) is 75.6 Å². The number of benzene rings is 2. The van der Waals surface area contributed by atoms with Gasteiger partial charge >= 0.3 is 152 Å². The molecule has 0 aliphatic carbocycles. The summed E-state index contributed by atoms with van der Waals surface area (Å²) in [6.07, 6.45) is 3.99. The molecule has 0 aliphatic rings. The van der Waals surface area contributed by atoms with E-state index in [4.69, 9.17) is 4.98 Å². The molecular weight excluding hydrogens is 411 g/mol. The number of anilines is 1. The van der Waals surface area contributed by atoms with Gasteiger partial charge in [-0.25, -0.2) is 0 Å². The molecule has 1 N–H and O–H groups in total. The van der Waals surface area contributed by atoms with Crippen molar-refractivity contribution in [1.29, 1.82) is 0 Å². The Balaban J connectivity index is 1.80. The van der Waals surface area contributed by atoms with Gasteiger partial charge in [0.1, 0.15) is 0 Å². The summed E-state index contributed by atoms with van der Waals surface area (Å²) < 4.78 is 1.19. The van der Waals surface area contributed by atoms with Crippen LogP contribution in [0.15, 0.2) is 60.8 Å². The Morgan fingerprint density at radius 2 is 1.88 bits per heavy atom. The monoisotopic (exact) mass is 429 g/mol. The van der Waals surface area contributed by atoms with Crippen molar-refractivity contribution < 1.29 is 26.0 Å². The van der Waals surface area contributed by atoms with Crippen LogP contribution in [0.3, 0.4) is 0 Å². The Hall–Kier alpha value is -2.21. The molecule has 1 aromatic heterocycles. The summed E-state index contributed by atoms with van der Waals surface area (Å²) in [6, 6.07) is 17.9. The second-order valence-corrected chi connectivity index (χ2v) is 7.46. The Bertz CT molecular complexity index is 901. The van der Waals surface area contributed by atoms with E-state index in [0.717, 1.165) is 27.7 Å². The number of Topliss-reactive ketones (excluding diaryl/α,β-unsaturated/α-hetero) is 1. The first kappa shape index (κ1) is 16.6. The van der Waals surface area contributed by atoms with Gasteiger partial charge in [0.15, 0.2) is 0 Å². The molecule has 24 heavy (non-hydrogen) atoms. The molecule has 0 saturated heterocycles. The summed E-state index contributed by atoms with van der Waals surface area (Å²) in [6.45, 7) is 1.57. The second-order valence-electron chi connectivity index (χ2n) is 5.36. The number of nitrogens with one attached hydrogen (secondary N) is 1. The van der Waals surface area contributed by atoms with Crippen LogP contribution in [0.5, 0.6) is 0 Å². The quantitative estimate of drug-likeness (QED) is 0.289. The number of carbonyl (C=O) groups is 1. The van der Waals surface area contributed by atoms with E-state index in [1.54, 1.807) is 6.92 Å². The summed E-state index contributed by atoms with van der Waals surface area (Å²) in [7, 11) is 0. The summed E-state index contributed by atoms with van der Waals surface area (Å²) >= 11 is -0.0997. The molecule has 0 amide bonds. The summed E-state index contributed by atoms with van der Waals surface area (Å²) in [4.78, 5) is 18.3. The van der Waals surface area contributed by atoms with E-state index in [-0.39, 0.29) is 27.0 Å². The van der Waals surface area contributed by atoms with Gasteiger partial charge in [0, 0.05) is 0 Å². The van der Waals surface area contributed by atoms with E-state index >= 15 is 0 Å². The van der Waals surface area contributed by atoms with Crippen LogP contribution in [0.4, 0.5) is 5.69 Å². The fraction of sp³-hybridized carbons (Fsp3) is 0.100. The SMILES string of the molecule is C[I-]c1nc2ccccc2cc1/C=C/Nc1ccc(C(C)=O)cc1. The second kappa shape index (κ2) is 7.57.